The Hall–Kier alpha value is -1.31. The third kappa shape index (κ3) is 7.00. The van der Waals surface area contributed by atoms with Gasteiger partial charge in [-0.15, -0.1) is 0 Å². The molecular weight excluding hydrogens is 270 g/mol. The Morgan fingerprint density at radius 3 is 2.37 bits per heavy atom. The maximum absolute atomic E-state index is 11.5. The average molecular weight is 291 g/mol. The summed E-state index contributed by atoms with van der Waals surface area (Å²) >= 11 is 0. The first-order chi connectivity index (χ1) is 8.89. The average Bonchev–Trinajstić information content (AvgIpc) is 2.28. The van der Waals surface area contributed by atoms with Gasteiger partial charge in [-0.1, -0.05) is 19.3 Å². The van der Waals surface area contributed by atoms with E-state index in [0.717, 1.165) is 32.6 Å². The van der Waals surface area contributed by atoms with E-state index in [-0.39, 0.29) is 24.4 Å². The van der Waals surface area contributed by atoms with Crippen molar-refractivity contribution in [2.24, 2.45) is 0 Å². The lowest BCUT2D eigenvalue weighted by molar-refractivity contribution is -0.117. The third-order valence-electron chi connectivity index (χ3n) is 2.90. The largest absolute Gasteiger partial charge is 0.337 e. The molecule has 0 aromatic heterocycles. The third-order valence-corrected chi connectivity index (χ3v) is 4.24. The molecule has 7 nitrogen and oxygen atoms in total. The van der Waals surface area contributed by atoms with Crippen LogP contribution in [0.5, 0.6) is 0 Å². The number of rotatable bonds is 5. The number of carbonyl (C=O) groups is 2. The highest BCUT2D eigenvalue weighted by Crippen LogP contribution is 2.16. The van der Waals surface area contributed by atoms with Crippen LogP contribution in [-0.2, 0) is 14.8 Å². The molecule has 0 unspecified atom stereocenters. The normalized spacial score (nSPS) is 16.7. The number of urea groups is 1. The Balaban J connectivity index is 2.21. The monoisotopic (exact) mass is 291 g/mol. The molecule has 0 aromatic carbocycles. The van der Waals surface area contributed by atoms with E-state index in [1.165, 1.54) is 6.42 Å². The topological polar surface area (TPSA) is 104 Å². The Labute approximate surface area is 113 Å². The Morgan fingerprint density at radius 1 is 1.16 bits per heavy atom. The number of hydrogen-bond acceptors (Lipinski definition) is 4. The molecule has 3 N–H and O–H groups in total. The second-order valence-electron chi connectivity index (χ2n) is 4.71. The lowest BCUT2D eigenvalue weighted by Crippen LogP contribution is -2.45. The van der Waals surface area contributed by atoms with E-state index in [1.54, 1.807) is 0 Å². The van der Waals surface area contributed by atoms with Crippen molar-refractivity contribution in [3.05, 3.63) is 0 Å². The van der Waals surface area contributed by atoms with Crippen LogP contribution >= 0.6 is 0 Å². The molecule has 8 heteroatoms. The summed E-state index contributed by atoms with van der Waals surface area (Å²) in [5.41, 5.74) is 0. The van der Waals surface area contributed by atoms with Crippen molar-refractivity contribution in [3.63, 3.8) is 0 Å². The van der Waals surface area contributed by atoms with E-state index in [1.807, 2.05) is 4.72 Å². The van der Waals surface area contributed by atoms with Gasteiger partial charge in [-0.2, -0.15) is 0 Å². The number of carbonyl (C=O) groups excluding carboxylic acids is 2. The summed E-state index contributed by atoms with van der Waals surface area (Å²) in [4.78, 5) is 22.1. The number of sulfonamides is 1. The zero-order valence-electron chi connectivity index (χ0n) is 11.1. The maximum atomic E-state index is 11.5. The molecular formula is C11H21N3O4S. The first kappa shape index (κ1) is 15.7. The Bertz CT molecular complexity index is 416. The number of hydrogen-bond donors (Lipinski definition) is 3. The van der Waals surface area contributed by atoms with Gasteiger partial charge in [-0.25, -0.2) is 13.2 Å². The van der Waals surface area contributed by atoms with Gasteiger partial charge >= 0.3 is 6.03 Å². The van der Waals surface area contributed by atoms with Gasteiger partial charge in [0.2, 0.25) is 15.9 Å². The fourth-order valence-electron chi connectivity index (χ4n) is 2.05. The van der Waals surface area contributed by atoms with Crippen LogP contribution in [0, 0.1) is 0 Å². The van der Waals surface area contributed by atoms with Gasteiger partial charge in [0.25, 0.3) is 0 Å². The van der Waals surface area contributed by atoms with Crippen LogP contribution in [0.2, 0.25) is 0 Å². The lowest BCUT2D eigenvalue weighted by Gasteiger charge is -2.22. The molecule has 1 fully saturated rings. The molecule has 1 aliphatic rings. The minimum absolute atomic E-state index is 0.0266. The summed E-state index contributed by atoms with van der Waals surface area (Å²) in [5.74, 6) is -0.948. The van der Waals surface area contributed by atoms with Crippen LogP contribution in [0.4, 0.5) is 4.79 Å². The summed E-state index contributed by atoms with van der Waals surface area (Å²) in [5, 5.41) is 5.29. The molecule has 1 saturated carbocycles. The predicted octanol–water partition coefficient (Wildman–Crippen LogP) is 0.0842. The molecule has 1 aliphatic carbocycles. The highest BCUT2D eigenvalue weighted by atomic mass is 32.2. The van der Waals surface area contributed by atoms with E-state index < -0.39 is 15.9 Å². The molecule has 1 rings (SSSR count). The van der Waals surface area contributed by atoms with Crippen molar-refractivity contribution in [2.75, 3.05) is 12.3 Å². The van der Waals surface area contributed by atoms with Crippen molar-refractivity contribution in [1.82, 2.24) is 15.4 Å². The minimum atomic E-state index is -3.65. The van der Waals surface area contributed by atoms with Crippen LogP contribution in [-0.4, -0.2) is 38.7 Å². The van der Waals surface area contributed by atoms with Gasteiger partial charge in [-0.05, 0) is 12.8 Å². The number of nitrogens with one attached hydrogen (secondary N) is 3. The second-order valence-corrected chi connectivity index (χ2v) is 6.55. The van der Waals surface area contributed by atoms with Crippen LogP contribution in [0.3, 0.4) is 0 Å². The zero-order valence-corrected chi connectivity index (χ0v) is 11.9. The first-order valence-electron chi connectivity index (χ1n) is 6.44. The fraction of sp³-hybridized carbons (Fsp3) is 0.818. The van der Waals surface area contributed by atoms with E-state index in [9.17, 15) is 18.0 Å². The highest BCUT2D eigenvalue weighted by Gasteiger charge is 2.16. The minimum Gasteiger partial charge on any atom is -0.337 e. The van der Waals surface area contributed by atoms with E-state index in [2.05, 4.69) is 10.6 Å². The molecule has 0 radical (unpaired) electrons. The Kier molecular flexibility index (Phi) is 6.07. The quantitative estimate of drug-likeness (QED) is 0.667. The summed E-state index contributed by atoms with van der Waals surface area (Å²) < 4.78 is 24.5. The summed E-state index contributed by atoms with van der Waals surface area (Å²) in [6.07, 6.45) is 5.37. The van der Waals surface area contributed by atoms with Gasteiger partial charge in [0.05, 0.1) is 5.75 Å². The maximum Gasteiger partial charge on any atom is 0.315 e. The number of amides is 3. The zero-order chi connectivity index (χ0) is 14.3. The molecule has 3 amide bonds. The highest BCUT2D eigenvalue weighted by molar-refractivity contribution is 7.90. The summed E-state index contributed by atoms with van der Waals surface area (Å²) in [6.45, 7) is 1.10. The molecule has 0 atom stereocenters. The summed E-state index contributed by atoms with van der Waals surface area (Å²) in [6, 6.07) is -0.175. The van der Waals surface area contributed by atoms with Gasteiger partial charge in [0.15, 0.2) is 0 Å². The SMILES string of the molecule is CC(=O)NS(=O)(=O)CCNC(=O)NC1CCCCC1. The van der Waals surface area contributed by atoms with Gasteiger partial charge < -0.3 is 10.6 Å². The van der Waals surface area contributed by atoms with Crippen LogP contribution in [0.15, 0.2) is 0 Å². The van der Waals surface area contributed by atoms with E-state index >= 15 is 0 Å². The second kappa shape index (κ2) is 7.32. The summed E-state index contributed by atoms with van der Waals surface area (Å²) in [7, 11) is -3.65. The van der Waals surface area contributed by atoms with Crippen molar-refractivity contribution in [2.45, 2.75) is 45.1 Å². The standard InChI is InChI=1S/C11H21N3O4S/c1-9(15)14-19(17,18)8-7-12-11(16)13-10-5-3-2-4-6-10/h10H,2-8H2,1H3,(H,14,15)(H2,12,13,16). The Morgan fingerprint density at radius 2 is 1.79 bits per heavy atom. The van der Waals surface area contributed by atoms with Crippen molar-refractivity contribution >= 4 is 22.0 Å². The first-order valence-corrected chi connectivity index (χ1v) is 8.10. The van der Waals surface area contributed by atoms with E-state index in [0.29, 0.717) is 0 Å². The predicted molar refractivity (Wildman–Crippen MR) is 71.0 cm³/mol. The molecule has 19 heavy (non-hydrogen) atoms. The smallest absolute Gasteiger partial charge is 0.315 e. The van der Waals surface area contributed by atoms with Crippen molar-refractivity contribution < 1.29 is 18.0 Å². The molecule has 0 saturated heterocycles. The van der Waals surface area contributed by atoms with Crippen molar-refractivity contribution in [3.8, 4) is 0 Å². The lowest BCUT2D eigenvalue weighted by atomic mass is 9.96. The van der Waals surface area contributed by atoms with Crippen LogP contribution < -0.4 is 15.4 Å². The van der Waals surface area contributed by atoms with Crippen molar-refractivity contribution in [1.29, 1.82) is 0 Å². The van der Waals surface area contributed by atoms with Gasteiger partial charge in [-0.3, -0.25) is 9.52 Å². The van der Waals surface area contributed by atoms with E-state index in [4.69, 9.17) is 0 Å². The molecule has 0 aromatic rings. The molecule has 0 heterocycles. The van der Waals surface area contributed by atoms with Crippen LogP contribution in [0.1, 0.15) is 39.0 Å². The molecule has 110 valence electrons. The molecule has 0 aliphatic heterocycles. The molecule has 0 spiro atoms. The van der Waals surface area contributed by atoms with Gasteiger partial charge in [0.1, 0.15) is 0 Å². The van der Waals surface area contributed by atoms with Gasteiger partial charge in [0, 0.05) is 19.5 Å². The molecule has 0 bridgehead atoms. The fourth-order valence-corrected chi connectivity index (χ4v) is 2.96. The van der Waals surface area contributed by atoms with Crippen LogP contribution in [0.25, 0.3) is 0 Å².